The highest BCUT2D eigenvalue weighted by Gasteiger charge is 2.63. The lowest BCUT2D eigenvalue weighted by atomic mass is 10.1. The van der Waals surface area contributed by atoms with Crippen LogP contribution in [0.2, 0.25) is 0 Å². The van der Waals surface area contributed by atoms with E-state index in [-0.39, 0.29) is 12.3 Å². The van der Waals surface area contributed by atoms with Crippen molar-refractivity contribution >= 4 is 33.6 Å². The third-order valence-corrected chi connectivity index (χ3v) is 4.78. The molecule has 1 unspecified atom stereocenters. The number of anilines is 2. The van der Waals surface area contributed by atoms with Crippen LogP contribution in [0.4, 0.5) is 38.1 Å². The quantitative estimate of drug-likeness (QED) is 0.256. The number of ether oxygens (including phenoxy) is 2. The Morgan fingerprint density at radius 1 is 1.06 bits per heavy atom. The Balaban J connectivity index is 2.12. The zero-order valence-corrected chi connectivity index (χ0v) is 17.0. The van der Waals surface area contributed by atoms with E-state index in [9.17, 15) is 44.5 Å². The van der Waals surface area contributed by atoms with E-state index in [0.29, 0.717) is 11.6 Å². The number of carbonyl (C=O) groups excluding carboxylic acids is 2. The summed E-state index contributed by atoms with van der Waals surface area (Å²) in [6.45, 7) is -0.105. The number of nitrogen functional groups attached to an aromatic ring is 1. The van der Waals surface area contributed by atoms with Gasteiger partial charge in [0, 0.05) is 0 Å². The van der Waals surface area contributed by atoms with Crippen molar-refractivity contribution in [1.29, 1.82) is 0 Å². The Kier molecular flexibility index (Phi) is 7.49. The van der Waals surface area contributed by atoms with Crippen LogP contribution in [0.3, 0.4) is 0 Å². The van der Waals surface area contributed by atoms with E-state index in [4.69, 9.17) is 10.5 Å². The molecule has 3 N–H and O–H groups in total. The Hall–Kier alpha value is -3.46. The maximum atomic E-state index is 13.5. The molecule has 0 fully saturated rings. The molecule has 0 radical (unpaired) electrons. The Labute approximate surface area is 183 Å². The summed E-state index contributed by atoms with van der Waals surface area (Å²) in [7, 11) is -6.83. The maximum absolute atomic E-state index is 13.5. The molecule has 180 valence electrons. The summed E-state index contributed by atoms with van der Waals surface area (Å²) < 4.78 is 106. The minimum absolute atomic E-state index is 0.105. The average Bonchev–Trinajstić information content (AvgIpc) is 2.70. The minimum Gasteiger partial charge on any atom is -0.743 e. The van der Waals surface area contributed by atoms with E-state index >= 15 is 0 Å². The zero-order chi connectivity index (χ0) is 25.0. The molecule has 15 heteroatoms. The fourth-order valence-electron chi connectivity index (χ4n) is 2.30. The molecule has 0 aliphatic rings. The van der Waals surface area contributed by atoms with Crippen molar-refractivity contribution in [3.8, 4) is 0 Å². The van der Waals surface area contributed by atoms with Crippen molar-refractivity contribution in [2.24, 2.45) is 0 Å². The van der Waals surface area contributed by atoms with Crippen molar-refractivity contribution in [2.45, 2.75) is 24.1 Å². The third kappa shape index (κ3) is 6.52. The predicted octanol–water partition coefficient (Wildman–Crippen LogP) is 3.24. The molecule has 2 rings (SSSR count). The van der Waals surface area contributed by atoms with Crippen molar-refractivity contribution in [1.82, 2.24) is 0 Å². The molecular weight excluding hydrogens is 483 g/mol. The number of hydrogen-bond donors (Lipinski definition) is 2. The summed E-state index contributed by atoms with van der Waals surface area (Å²) in [5.74, 6) is -2.05. The molecule has 0 aliphatic carbocycles. The van der Waals surface area contributed by atoms with E-state index in [1.807, 2.05) is 0 Å². The molecule has 1 atom stereocenters. The normalized spacial score (nSPS) is 13.2. The summed E-state index contributed by atoms with van der Waals surface area (Å²) in [4.78, 5) is 23.7. The van der Waals surface area contributed by atoms with Gasteiger partial charge in [0.1, 0.15) is 6.61 Å². The SMILES string of the molecule is Nc1cc(C(=O)OC(C(F)(F)F)C(F)(F)S(=O)(=O)[O-])ccc1NC(=O)OCc1ccccc1. The van der Waals surface area contributed by atoms with Gasteiger partial charge in [0.05, 0.1) is 16.9 Å². The van der Waals surface area contributed by atoms with E-state index in [0.717, 1.165) is 12.1 Å². The zero-order valence-electron chi connectivity index (χ0n) is 16.1. The first-order chi connectivity index (χ1) is 15.1. The highest BCUT2D eigenvalue weighted by atomic mass is 32.2. The van der Waals surface area contributed by atoms with Gasteiger partial charge in [0.25, 0.3) is 6.10 Å². The lowest BCUT2D eigenvalue weighted by Gasteiger charge is -2.29. The molecule has 0 aromatic heterocycles. The summed E-state index contributed by atoms with van der Waals surface area (Å²) in [5, 5.41) is -3.79. The van der Waals surface area contributed by atoms with E-state index in [1.54, 1.807) is 30.3 Å². The van der Waals surface area contributed by atoms with Gasteiger partial charge in [-0.25, -0.2) is 18.0 Å². The van der Waals surface area contributed by atoms with Crippen LogP contribution in [0, 0.1) is 0 Å². The Morgan fingerprint density at radius 2 is 1.67 bits per heavy atom. The van der Waals surface area contributed by atoms with Gasteiger partial charge < -0.3 is 19.8 Å². The van der Waals surface area contributed by atoms with Crippen LogP contribution in [-0.2, 0) is 26.2 Å². The van der Waals surface area contributed by atoms with Crippen LogP contribution in [0.15, 0.2) is 48.5 Å². The van der Waals surface area contributed by atoms with Gasteiger partial charge in [-0.1, -0.05) is 30.3 Å². The van der Waals surface area contributed by atoms with Gasteiger partial charge in [0.15, 0.2) is 10.1 Å². The van der Waals surface area contributed by atoms with Crippen LogP contribution in [0.25, 0.3) is 0 Å². The number of nitrogens with two attached hydrogens (primary N) is 1. The molecule has 0 heterocycles. The number of esters is 1. The highest BCUT2D eigenvalue weighted by molar-refractivity contribution is 7.86. The van der Waals surface area contributed by atoms with Crippen LogP contribution < -0.4 is 11.1 Å². The second-order valence-corrected chi connectivity index (χ2v) is 7.78. The van der Waals surface area contributed by atoms with Gasteiger partial charge in [-0.3, -0.25) is 5.32 Å². The Morgan fingerprint density at radius 3 is 2.18 bits per heavy atom. The van der Waals surface area contributed by atoms with Crippen LogP contribution in [0.1, 0.15) is 15.9 Å². The molecule has 0 saturated heterocycles. The summed E-state index contributed by atoms with van der Waals surface area (Å²) in [6, 6.07) is 10.9. The standard InChI is InChI=1S/C18H15F5N2O7S/c19-17(20,21)15(18(22,23)33(28,29)30)32-14(26)11-6-7-13(12(24)8-11)25-16(27)31-9-10-4-2-1-3-5-10/h1-8,15H,9,24H2,(H,25,27)(H,28,29,30)/p-1. The van der Waals surface area contributed by atoms with Crippen molar-refractivity contribution < 1.29 is 54.0 Å². The summed E-state index contributed by atoms with van der Waals surface area (Å²) >= 11 is 0. The first-order valence-electron chi connectivity index (χ1n) is 8.61. The van der Waals surface area contributed by atoms with Gasteiger partial charge in [-0.2, -0.15) is 22.0 Å². The molecule has 33 heavy (non-hydrogen) atoms. The third-order valence-electron chi connectivity index (χ3n) is 3.90. The minimum atomic E-state index is -6.83. The molecule has 9 nitrogen and oxygen atoms in total. The van der Waals surface area contributed by atoms with E-state index in [1.165, 1.54) is 0 Å². The Bertz CT molecular complexity index is 1120. The van der Waals surface area contributed by atoms with Gasteiger partial charge in [-0.05, 0) is 23.8 Å². The molecule has 0 spiro atoms. The molecular formula is C18H14F5N2O7S-. The first kappa shape index (κ1) is 25.8. The number of halogens is 5. The number of rotatable bonds is 7. The largest absolute Gasteiger partial charge is 0.743 e. The number of alkyl halides is 5. The maximum Gasteiger partial charge on any atom is 0.432 e. The number of amides is 1. The van der Waals surface area contributed by atoms with Gasteiger partial charge in [0.2, 0.25) is 0 Å². The molecule has 0 saturated carbocycles. The molecule has 2 aromatic carbocycles. The predicted molar refractivity (Wildman–Crippen MR) is 101 cm³/mol. The smallest absolute Gasteiger partial charge is 0.432 e. The average molecular weight is 497 g/mol. The highest BCUT2D eigenvalue weighted by Crippen LogP contribution is 2.38. The number of hydrogen-bond acceptors (Lipinski definition) is 8. The molecule has 1 amide bonds. The fraction of sp³-hybridized carbons (Fsp3) is 0.222. The van der Waals surface area contributed by atoms with Gasteiger partial charge in [-0.15, -0.1) is 0 Å². The second-order valence-electron chi connectivity index (χ2n) is 6.33. The number of nitrogens with one attached hydrogen (secondary N) is 1. The van der Waals surface area contributed by atoms with Crippen molar-refractivity contribution in [3.05, 3.63) is 59.7 Å². The summed E-state index contributed by atoms with van der Waals surface area (Å²) in [6.07, 6.45) is -11.6. The van der Waals surface area contributed by atoms with Crippen LogP contribution in [0.5, 0.6) is 0 Å². The van der Waals surface area contributed by atoms with Crippen molar-refractivity contribution in [2.75, 3.05) is 11.1 Å². The van der Waals surface area contributed by atoms with Crippen LogP contribution >= 0.6 is 0 Å². The topological polar surface area (TPSA) is 148 Å². The monoisotopic (exact) mass is 497 g/mol. The van der Waals surface area contributed by atoms with Crippen molar-refractivity contribution in [3.63, 3.8) is 0 Å². The van der Waals surface area contributed by atoms with Crippen LogP contribution in [-0.4, -0.2) is 42.6 Å². The lowest BCUT2D eigenvalue weighted by molar-refractivity contribution is -0.248. The van der Waals surface area contributed by atoms with E-state index < -0.39 is 51.0 Å². The fourth-order valence-corrected chi connectivity index (χ4v) is 2.75. The lowest BCUT2D eigenvalue weighted by Crippen LogP contribution is -2.52. The number of benzene rings is 2. The van der Waals surface area contributed by atoms with E-state index in [2.05, 4.69) is 10.1 Å². The molecule has 0 aliphatic heterocycles. The molecule has 2 aromatic rings. The van der Waals surface area contributed by atoms with Gasteiger partial charge >= 0.3 is 23.5 Å². The first-order valence-corrected chi connectivity index (χ1v) is 10.0. The summed E-state index contributed by atoms with van der Waals surface area (Å²) in [5.41, 5.74) is 4.91. The number of carbonyl (C=O) groups is 2. The molecule has 0 bridgehead atoms. The second kappa shape index (κ2) is 9.58.